The van der Waals surface area contributed by atoms with Gasteiger partial charge in [-0.3, -0.25) is 9.69 Å². The van der Waals surface area contributed by atoms with E-state index in [2.05, 4.69) is 0 Å². The predicted molar refractivity (Wildman–Crippen MR) is 103 cm³/mol. The van der Waals surface area contributed by atoms with Gasteiger partial charge in [-0.05, 0) is 60.9 Å². The van der Waals surface area contributed by atoms with E-state index in [4.69, 9.17) is 23.8 Å². The van der Waals surface area contributed by atoms with Gasteiger partial charge < -0.3 is 0 Å². The van der Waals surface area contributed by atoms with Crippen molar-refractivity contribution in [3.63, 3.8) is 0 Å². The van der Waals surface area contributed by atoms with Gasteiger partial charge in [0.25, 0.3) is 5.91 Å². The number of anilines is 1. The lowest BCUT2D eigenvalue weighted by molar-refractivity contribution is -0.113. The van der Waals surface area contributed by atoms with E-state index in [-0.39, 0.29) is 5.91 Å². The maximum absolute atomic E-state index is 12.7. The lowest BCUT2D eigenvalue weighted by atomic mass is 10.1. The van der Waals surface area contributed by atoms with Crippen LogP contribution in [0.3, 0.4) is 0 Å². The molecule has 1 aliphatic rings. The number of carbonyl (C=O) groups excluding carboxylic acids is 1. The van der Waals surface area contributed by atoms with Crippen LogP contribution in [0.2, 0.25) is 5.02 Å². The van der Waals surface area contributed by atoms with Gasteiger partial charge in [0.1, 0.15) is 0 Å². The van der Waals surface area contributed by atoms with Crippen LogP contribution in [-0.2, 0) is 4.79 Å². The van der Waals surface area contributed by atoms with Crippen molar-refractivity contribution in [1.29, 1.82) is 0 Å². The van der Waals surface area contributed by atoms with Gasteiger partial charge in [0.05, 0.1) is 10.6 Å². The third-order valence-corrected chi connectivity index (χ3v) is 5.26. The molecule has 0 spiro atoms. The number of amides is 1. The quantitative estimate of drug-likeness (QED) is 0.531. The Balaban J connectivity index is 1.93. The van der Waals surface area contributed by atoms with E-state index in [0.717, 1.165) is 16.8 Å². The Labute approximate surface area is 150 Å². The fourth-order valence-corrected chi connectivity index (χ4v) is 3.69. The van der Waals surface area contributed by atoms with Crippen LogP contribution < -0.4 is 4.90 Å². The topological polar surface area (TPSA) is 20.3 Å². The van der Waals surface area contributed by atoms with Crippen molar-refractivity contribution in [2.24, 2.45) is 0 Å². The highest BCUT2D eigenvalue weighted by molar-refractivity contribution is 8.27. The highest BCUT2D eigenvalue weighted by Gasteiger charge is 2.33. The molecule has 0 aliphatic carbocycles. The van der Waals surface area contributed by atoms with Gasteiger partial charge in [-0.25, -0.2) is 0 Å². The van der Waals surface area contributed by atoms with Crippen molar-refractivity contribution >= 4 is 57.6 Å². The molecule has 116 valence electrons. The lowest BCUT2D eigenvalue weighted by Crippen LogP contribution is -2.27. The molecule has 0 saturated carbocycles. The standard InChI is InChI=1S/C18H14ClNOS2/c1-11-3-8-15(9-12(11)2)20-17(21)16(23-18(20)22)10-13-4-6-14(19)7-5-13/h3-10H,1-2H3/b16-10-. The highest BCUT2D eigenvalue weighted by atomic mass is 35.5. The van der Waals surface area contributed by atoms with Crippen molar-refractivity contribution in [3.05, 3.63) is 69.1 Å². The van der Waals surface area contributed by atoms with Crippen LogP contribution in [0, 0.1) is 13.8 Å². The molecule has 23 heavy (non-hydrogen) atoms. The van der Waals surface area contributed by atoms with Crippen molar-refractivity contribution in [2.45, 2.75) is 13.8 Å². The van der Waals surface area contributed by atoms with Gasteiger partial charge in [0, 0.05) is 5.02 Å². The van der Waals surface area contributed by atoms with Gasteiger partial charge in [-0.1, -0.05) is 53.8 Å². The summed E-state index contributed by atoms with van der Waals surface area (Å²) in [7, 11) is 0. The molecule has 1 saturated heterocycles. The van der Waals surface area contributed by atoms with Crippen LogP contribution in [0.4, 0.5) is 5.69 Å². The summed E-state index contributed by atoms with van der Waals surface area (Å²) in [5.74, 6) is -0.0850. The predicted octanol–water partition coefficient (Wildman–Crippen LogP) is 5.36. The van der Waals surface area contributed by atoms with Crippen LogP contribution in [-0.4, -0.2) is 10.2 Å². The Kier molecular flexibility index (Phi) is 4.57. The number of hydrogen-bond donors (Lipinski definition) is 0. The van der Waals surface area contributed by atoms with Crippen LogP contribution in [0.15, 0.2) is 47.4 Å². The Morgan fingerprint density at radius 1 is 1.09 bits per heavy atom. The van der Waals surface area contributed by atoms with Crippen LogP contribution >= 0.6 is 35.6 Å². The van der Waals surface area contributed by atoms with Crippen LogP contribution in [0.5, 0.6) is 0 Å². The van der Waals surface area contributed by atoms with E-state index in [1.54, 1.807) is 17.0 Å². The molecule has 2 aromatic carbocycles. The molecule has 0 atom stereocenters. The molecule has 1 heterocycles. The number of thioether (sulfide) groups is 1. The summed E-state index contributed by atoms with van der Waals surface area (Å²) in [6, 6.07) is 13.3. The maximum Gasteiger partial charge on any atom is 0.270 e. The van der Waals surface area contributed by atoms with E-state index in [9.17, 15) is 4.79 Å². The monoisotopic (exact) mass is 359 g/mol. The molecule has 2 nitrogen and oxygen atoms in total. The molecule has 1 fully saturated rings. The van der Waals surface area contributed by atoms with Crippen molar-refractivity contribution in [1.82, 2.24) is 0 Å². The number of benzene rings is 2. The maximum atomic E-state index is 12.7. The minimum atomic E-state index is -0.0850. The van der Waals surface area contributed by atoms with Crippen molar-refractivity contribution < 1.29 is 4.79 Å². The summed E-state index contributed by atoms with van der Waals surface area (Å²) in [5.41, 5.74) is 4.07. The average molecular weight is 360 g/mol. The van der Waals surface area contributed by atoms with E-state index < -0.39 is 0 Å². The number of rotatable bonds is 2. The van der Waals surface area contributed by atoms with Gasteiger partial charge in [-0.2, -0.15) is 0 Å². The number of halogens is 1. The van der Waals surface area contributed by atoms with Gasteiger partial charge in [-0.15, -0.1) is 0 Å². The third kappa shape index (κ3) is 3.34. The zero-order valence-electron chi connectivity index (χ0n) is 12.7. The number of aryl methyl sites for hydroxylation is 2. The third-order valence-electron chi connectivity index (χ3n) is 3.71. The summed E-state index contributed by atoms with van der Waals surface area (Å²) >= 11 is 12.6. The van der Waals surface area contributed by atoms with E-state index >= 15 is 0 Å². The molecular formula is C18H14ClNOS2. The normalized spacial score (nSPS) is 16.5. The first-order valence-corrected chi connectivity index (χ1v) is 8.67. The minimum absolute atomic E-state index is 0.0850. The zero-order valence-corrected chi connectivity index (χ0v) is 15.1. The number of thiocarbonyl (C=S) groups is 1. The zero-order chi connectivity index (χ0) is 16.6. The second-order valence-corrected chi connectivity index (χ2v) is 7.45. The van der Waals surface area contributed by atoms with Crippen molar-refractivity contribution in [2.75, 3.05) is 4.90 Å². The number of carbonyl (C=O) groups is 1. The average Bonchev–Trinajstić information content (AvgIpc) is 2.79. The fraction of sp³-hybridized carbons (Fsp3) is 0.111. The van der Waals surface area contributed by atoms with Crippen LogP contribution in [0.1, 0.15) is 16.7 Å². The first-order chi connectivity index (χ1) is 11.0. The summed E-state index contributed by atoms with van der Waals surface area (Å²) < 4.78 is 0.554. The molecule has 3 rings (SSSR count). The largest absolute Gasteiger partial charge is 0.270 e. The van der Waals surface area contributed by atoms with E-state index in [0.29, 0.717) is 14.2 Å². The second-order valence-electron chi connectivity index (χ2n) is 5.34. The van der Waals surface area contributed by atoms with Crippen LogP contribution in [0.25, 0.3) is 6.08 Å². The molecule has 5 heteroatoms. The Morgan fingerprint density at radius 3 is 2.43 bits per heavy atom. The SMILES string of the molecule is Cc1ccc(N2C(=O)/C(=C/c3ccc(Cl)cc3)SC2=S)cc1C. The summed E-state index contributed by atoms with van der Waals surface area (Å²) in [6.45, 7) is 4.07. The first-order valence-electron chi connectivity index (χ1n) is 7.06. The van der Waals surface area contributed by atoms with E-state index in [1.165, 1.54) is 17.3 Å². The first kappa shape index (κ1) is 16.2. The van der Waals surface area contributed by atoms with Gasteiger partial charge in [0.15, 0.2) is 4.32 Å². The molecule has 0 N–H and O–H groups in total. The molecule has 0 aromatic heterocycles. The molecule has 0 unspecified atom stereocenters. The Morgan fingerprint density at radius 2 is 1.78 bits per heavy atom. The Bertz CT molecular complexity index is 827. The number of hydrogen-bond acceptors (Lipinski definition) is 3. The fourth-order valence-electron chi connectivity index (χ4n) is 2.27. The lowest BCUT2D eigenvalue weighted by Gasteiger charge is -2.15. The summed E-state index contributed by atoms with van der Waals surface area (Å²) in [4.78, 5) is 14.9. The summed E-state index contributed by atoms with van der Waals surface area (Å²) in [5, 5.41) is 0.671. The molecule has 2 aromatic rings. The molecule has 1 amide bonds. The smallest absolute Gasteiger partial charge is 0.268 e. The second kappa shape index (κ2) is 6.48. The highest BCUT2D eigenvalue weighted by Crippen LogP contribution is 2.36. The molecule has 1 aliphatic heterocycles. The minimum Gasteiger partial charge on any atom is -0.268 e. The van der Waals surface area contributed by atoms with Crippen molar-refractivity contribution in [3.8, 4) is 0 Å². The molecule has 0 radical (unpaired) electrons. The molecule has 0 bridgehead atoms. The Hall–Kier alpha value is -1.62. The van der Waals surface area contributed by atoms with Gasteiger partial charge >= 0.3 is 0 Å². The molecular weight excluding hydrogens is 346 g/mol. The van der Waals surface area contributed by atoms with E-state index in [1.807, 2.05) is 50.3 Å². The summed E-state index contributed by atoms with van der Waals surface area (Å²) in [6.07, 6.45) is 1.84. The van der Waals surface area contributed by atoms with Gasteiger partial charge in [0.2, 0.25) is 0 Å². The number of nitrogens with zero attached hydrogens (tertiary/aromatic N) is 1.